The third-order valence-corrected chi connectivity index (χ3v) is 6.24. The lowest BCUT2D eigenvalue weighted by Gasteiger charge is -2.17. The summed E-state index contributed by atoms with van der Waals surface area (Å²) in [6.07, 6.45) is -4.55. The maximum Gasteiger partial charge on any atom is 0.416 e. The number of hydrogen-bond donors (Lipinski definition) is 2. The highest BCUT2D eigenvalue weighted by Crippen LogP contribution is 2.36. The predicted octanol–water partition coefficient (Wildman–Crippen LogP) is 6.30. The number of hydrogen-bond acceptors (Lipinski definition) is 4. The van der Waals surface area contributed by atoms with Crippen molar-refractivity contribution in [2.45, 2.75) is 19.1 Å². The summed E-state index contributed by atoms with van der Waals surface area (Å²) >= 11 is 0. The number of halogens is 3. The Morgan fingerprint density at radius 2 is 1.81 bits per heavy atom. The van der Waals surface area contributed by atoms with E-state index in [1.54, 1.807) is 38.4 Å². The van der Waals surface area contributed by atoms with Gasteiger partial charge in [0.25, 0.3) is 0 Å². The average molecular weight is 513 g/mol. The molecule has 0 saturated carbocycles. The van der Waals surface area contributed by atoms with Crippen LogP contribution in [0.25, 0.3) is 22.0 Å². The number of carboxylic acids is 1. The highest BCUT2D eigenvalue weighted by molar-refractivity contribution is 5.96. The highest BCUT2D eigenvalue weighted by Gasteiger charge is 2.31. The van der Waals surface area contributed by atoms with Gasteiger partial charge in [-0.1, -0.05) is 18.2 Å². The Balaban J connectivity index is 1.53. The van der Waals surface area contributed by atoms with Gasteiger partial charge in [0, 0.05) is 30.5 Å². The summed E-state index contributed by atoms with van der Waals surface area (Å²) < 4.78 is 53.5. The van der Waals surface area contributed by atoms with Crippen molar-refractivity contribution in [3.63, 3.8) is 0 Å². The molecular weight excluding hydrogens is 485 g/mol. The van der Waals surface area contributed by atoms with Gasteiger partial charge in [0.1, 0.15) is 23.8 Å². The number of alkyl halides is 3. The van der Waals surface area contributed by atoms with Gasteiger partial charge in [-0.25, -0.2) is 4.79 Å². The number of nitrogens with zero attached hydrogens (tertiary/aromatic N) is 1. The Morgan fingerprint density at radius 3 is 2.51 bits per heavy atom. The number of aromatic nitrogens is 1. The molecule has 2 N–H and O–H groups in total. The van der Waals surface area contributed by atoms with Gasteiger partial charge in [0.05, 0.1) is 12.7 Å². The molecule has 0 aliphatic rings. The maximum atomic E-state index is 13.7. The maximum absolute atomic E-state index is 13.7. The van der Waals surface area contributed by atoms with Crippen LogP contribution in [0.5, 0.6) is 11.5 Å². The fourth-order valence-electron chi connectivity index (χ4n) is 4.22. The van der Waals surface area contributed by atoms with Gasteiger partial charge in [0.15, 0.2) is 0 Å². The Morgan fingerprint density at radius 1 is 1.03 bits per heavy atom. The van der Waals surface area contributed by atoms with E-state index in [1.165, 1.54) is 10.6 Å². The number of methoxy groups -OCH3 is 1. The third kappa shape index (κ3) is 5.89. The summed E-state index contributed by atoms with van der Waals surface area (Å²) in [6, 6.07) is 17.8. The van der Waals surface area contributed by atoms with Crippen LogP contribution >= 0.6 is 0 Å². The van der Waals surface area contributed by atoms with Gasteiger partial charge in [-0.15, -0.1) is 0 Å². The SMILES string of the molecule is COc1cccc(C(C)NCCOc2cc(-c3ccc4c(c3)cc(C(=O)O)n4C)cc(C(F)(F)F)c2)c1. The van der Waals surface area contributed by atoms with Crippen molar-refractivity contribution < 1.29 is 32.5 Å². The number of nitrogens with one attached hydrogen (secondary N) is 1. The number of benzene rings is 3. The summed E-state index contributed by atoms with van der Waals surface area (Å²) in [7, 11) is 3.23. The first-order valence-electron chi connectivity index (χ1n) is 11.6. The normalized spacial score (nSPS) is 12.5. The van der Waals surface area contributed by atoms with Crippen LogP contribution in [0.3, 0.4) is 0 Å². The largest absolute Gasteiger partial charge is 0.497 e. The van der Waals surface area contributed by atoms with Crippen molar-refractivity contribution in [3.05, 3.63) is 83.6 Å². The molecule has 1 heterocycles. The quantitative estimate of drug-likeness (QED) is 0.258. The standard InChI is InChI=1S/C28H27F3N2O4/c1-17(18-5-4-6-23(13-18)36-3)32-9-10-37-24-14-20(12-22(16-24)28(29,30)31)19-7-8-25-21(11-19)15-26(27(34)35)33(25)2/h4-8,11-17,32H,9-10H2,1-3H3,(H,34,35). The smallest absolute Gasteiger partial charge is 0.416 e. The lowest BCUT2D eigenvalue weighted by Crippen LogP contribution is -2.24. The third-order valence-electron chi connectivity index (χ3n) is 6.24. The van der Waals surface area contributed by atoms with Crippen LogP contribution in [0, 0.1) is 0 Å². The molecule has 0 amide bonds. The van der Waals surface area contributed by atoms with E-state index in [9.17, 15) is 23.1 Å². The van der Waals surface area contributed by atoms with Gasteiger partial charge in [0.2, 0.25) is 0 Å². The molecule has 6 nitrogen and oxygen atoms in total. The average Bonchev–Trinajstić information content (AvgIpc) is 3.21. The molecule has 37 heavy (non-hydrogen) atoms. The van der Waals surface area contributed by atoms with Gasteiger partial charge in [-0.2, -0.15) is 13.2 Å². The van der Waals surface area contributed by atoms with Crippen LogP contribution in [-0.4, -0.2) is 35.9 Å². The Hall–Kier alpha value is -3.98. The molecule has 3 aromatic carbocycles. The molecule has 9 heteroatoms. The second-order valence-corrected chi connectivity index (χ2v) is 8.71. The molecular formula is C28H27F3N2O4. The van der Waals surface area contributed by atoms with Crippen LogP contribution in [0.1, 0.15) is 34.6 Å². The molecule has 0 saturated heterocycles. The van der Waals surface area contributed by atoms with Crippen molar-refractivity contribution >= 4 is 16.9 Å². The predicted molar refractivity (Wildman–Crippen MR) is 135 cm³/mol. The van der Waals surface area contributed by atoms with E-state index >= 15 is 0 Å². The van der Waals surface area contributed by atoms with Gasteiger partial charge in [-0.05, 0) is 72.1 Å². The Kier molecular flexibility index (Phi) is 7.45. The molecule has 0 radical (unpaired) electrons. The Bertz CT molecular complexity index is 1430. The molecule has 194 valence electrons. The molecule has 1 atom stereocenters. The molecule has 1 aromatic heterocycles. The number of fused-ring (bicyclic) bond motifs is 1. The number of ether oxygens (including phenoxy) is 2. The fourth-order valence-corrected chi connectivity index (χ4v) is 4.22. The molecule has 0 aliphatic heterocycles. The van der Waals surface area contributed by atoms with E-state index in [0.29, 0.717) is 28.6 Å². The van der Waals surface area contributed by atoms with Gasteiger partial charge in [-0.3, -0.25) is 0 Å². The van der Waals surface area contributed by atoms with Gasteiger partial charge >= 0.3 is 12.1 Å². The summed E-state index contributed by atoms with van der Waals surface area (Å²) in [4.78, 5) is 11.4. The van der Waals surface area contributed by atoms with E-state index < -0.39 is 17.7 Å². The summed E-state index contributed by atoms with van der Waals surface area (Å²) in [5.74, 6) is -0.240. The molecule has 0 bridgehead atoms. The molecule has 0 fully saturated rings. The van der Waals surface area contributed by atoms with Crippen LogP contribution in [0.15, 0.2) is 66.7 Å². The van der Waals surface area contributed by atoms with Crippen LogP contribution in [0.4, 0.5) is 13.2 Å². The van der Waals surface area contributed by atoms with E-state index in [1.807, 2.05) is 31.2 Å². The fraction of sp³-hybridized carbons (Fsp3) is 0.250. The number of carboxylic acid groups (broad SMARTS) is 1. The molecule has 4 rings (SSSR count). The minimum absolute atomic E-state index is 0.0101. The molecule has 1 unspecified atom stereocenters. The van der Waals surface area contributed by atoms with E-state index in [0.717, 1.165) is 23.4 Å². The second-order valence-electron chi connectivity index (χ2n) is 8.71. The first-order chi connectivity index (χ1) is 17.6. The zero-order valence-corrected chi connectivity index (χ0v) is 20.6. The summed E-state index contributed by atoms with van der Waals surface area (Å²) in [6.45, 7) is 2.55. The van der Waals surface area contributed by atoms with Crippen molar-refractivity contribution in [2.24, 2.45) is 7.05 Å². The lowest BCUT2D eigenvalue weighted by atomic mass is 10.0. The first-order valence-corrected chi connectivity index (χ1v) is 11.6. The highest BCUT2D eigenvalue weighted by atomic mass is 19.4. The van der Waals surface area contributed by atoms with Crippen molar-refractivity contribution in [3.8, 4) is 22.6 Å². The minimum atomic E-state index is -4.55. The first kappa shape index (κ1) is 26.1. The number of aromatic carboxylic acids is 1. The second kappa shape index (κ2) is 10.6. The molecule has 4 aromatic rings. The van der Waals surface area contributed by atoms with E-state index in [2.05, 4.69) is 5.32 Å². The van der Waals surface area contributed by atoms with E-state index in [4.69, 9.17) is 9.47 Å². The lowest BCUT2D eigenvalue weighted by molar-refractivity contribution is -0.137. The number of carbonyl (C=O) groups is 1. The van der Waals surface area contributed by atoms with Crippen molar-refractivity contribution in [2.75, 3.05) is 20.3 Å². The summed E-state index contributed by atoms with van der Waals surface area (Å²) in [5.41, 5.74) is 1.80. The topological polar surface area (TPSA) is 72.7 Å². The van der Waals surface area contributed by atoms with Crippen LogP contribution in [0.2, 0.25) is 0 Å². The van der Waals surface area contributed by atoms with Crippen molar-refractivity contribution in [1.29, 1.82) is 0 Å². The van der Waals surface area contributed by atoms with Crippen molar-refractivity contribution in [1.82, 2.24) is 9.88 Å². The zero-order valence-electron chi connectivity index (χ0n) is 20.6. The summed E-state index contributed by atoms with van der Waals surface area (Å²) in [5, 5.41) is 13.3. The van der Waals surface area contributed by atoms with Crippen LogP contribution in [-0.2, 0) is 13.2 Å². The zero-order chi connectivity index (χ0) is 26.7. The minimum Gasteiger partial charge on any atom is -0.497 e. The Labute approximate surface area is 212 Å². The monoisotopic (exact) mass is 512 g/mol. The molecule has 0 spiro atoms. The van der Waals surface area contributed by atoms with Gasteiger partial charge < -0.3 is 24.5 Å². The van der Waals surface area contributed by atoms with E-state index in [-0.39, 0.29) is 24.1 Å². The number of rotatable bonds is 9. The molecule has 0 aliphatic carbocycles. The van der Waals surface area contributed by atoms with Crippen LogP contribution < -0.4 is 14.8 Å². The number of aryl methyl sites for hydroxylation is 1.